The molecule has 5 nitrogen and oxygen atoms in total. The van der Waals surface area contributed by atoms with E-state index in [2.05, 4.69) is 26.1 Å². The Bertz CT molecular complexity index is 827. The molecule has 0 saturated carbocycles. The van der Waals surface area contributed by atoms with Gasteiger partial charge in [0, 0.05) is 10.5 Å². The first kappa shape index (κ1) is 15.6. The summed E-state index contributed by atoms with van der Waals surface area (Å²) in [7, 11) is 0. The van der Waals surface area contributed by atoms with Crippen LogP contribution >= 0.6 is 27.3 Å². The molecule has 0 spiro atoms. The Labute approximate surface area is 144 Å². The predicted octanol–water partition coefficient (Wildman–Crippen LogP) is 4.32. The van der Waals surface area contributed by atoms with Crippen LogP contribution in [-0.4, -0.2) is 16.1 Å². The van der Waals surface area contributed by atoms with Crippen LogP contribution in [-0.2, 0) is 16.1 Å². The molecule has 0 aliphatic carbocycles. The SMILES string of the molecule is O=C(/C=C/c1cccc(Br)c1)OCc1nc(-c2cccs2)no1. The summed E-state index contributed by atoms with van der Waals surface area (Å²) in [6.45, 7) is -0.0555. The van der Waals surface area contributed by atoms with E-state index in [1.54, 1.807) is 6.08 Å². The highest BCUT2D eigenvalue weighted by molar-refractivity contribution is 9.10. The summed E-state index contributed by atoms with van der Waals surface area (Å²) in [5.74, 6) is 0.286. The summed E-state index contributed by atoms with van der Waals surface area (Å²) in [5.41, 5.74) is 0.897. The van der Waals surface area contributed by atoms with Gasteiger partial charge in [0.2, 0.25) is 5.82 Å². The lowest BCUT2D eigenvalue weighted by atomic mass is 10.2. The number of ether oxygens (including phenoxy) is 1. The minimum absolute atomic E-state index is 0.0555. The van der Waals surface area contributed by atoms with Gasteiger partial charge in [0.15, 0.2) is 6.61 Å². The molecule has 0 unspecified atom stereocenters. The van der Waals surface area contributed by atoms with Gasteiger partial charge in [-0.15, -0.1) is 11.3 Å². The molecule has 0 atom stereocenters. The highest BCUT2D eigenvalue weighted by atomic mass is 79.9. The van der Waals surface area contributed by atoms with Crippen molar-refractivity contribution in [3.8, 4) is 10.7 Å². The molecule has 2 aromatic heterocycles. The number of thiophene rings is 1. The van der Waals surface area contributed by atoms with E-state index in [-0.39, 0.29) is 12.5 Å². The fourth-order valence-electron chi connectivity index (χ4n) is 1.77. The summed E-state index contributed by atoms with van der Waals surface area (Å²) >= 11 is 4.89. The van der Waals surface area contributed by atoms with E-state index >= 15 is 0 Å². The van der Waals surface area contributed by atoms with Crippen LogP contribution in [0.2, 0.25) is 0 Å². The minimum Gasteiger partial charge on any atom is -0.452 e. The molecule has 23 heavy (non-hydrogen) atoms. The Morgan fingerprint density at radius 3 is 3.04 bits per heavy atom. The summed E-state index contributed by atoms with van der Waals surface area (Å²) in [4.78, 5) is 16.8. The Hall–Kier alpha value is -2.25. The number of nitrogens with zero attached hydrogens (tertiary/aromatic N) is 2. The number of hydrogen-bond acceptors (Lipinski definition) is 6. The van der Waals surface area contributed by atoms with Crippen molar-refractivity contribution in [2.75, 3.05) is 0 Å². The third kappa shape index (κ3) is 4.37. The van der Waals surface area contributed by atoms with Crippen molar-refractivity contribution in [1.29, 1.82) is 0 Å². The van der Waals surface area contributed by atoms with Crippen molar-refractivity contribution in [3.63, 3.8) is 0 Å². The summed E-state index contributed by atoms with van der Waals surface area (Å²) in [6, 6.07) is 11.4. The molecule has 0 aliphatic heterocycles. The lowest BCUT2D eigenvalue weighted by molar-refractivity contribution is -0.139. The highest BCUT2D eigenvalue weighted by Gasteiger charge is 2.10. The maximum atomic E-state index is 11.7. The molecule has 0 aliphatic rings. The monoisotopic (exact) mass is 390 g/mol. The second-order valence-corrected chi connectivity index (χ2v) is 6.35. The number of aromatic nitrogens is 2. The number of rotatable bonds is 5. The first-order chi connectivity index (χ1) is 11.2. The first-order valence-corrected chi connectivity index (χ1v) is 8.35. The average molecular weight is 391 g/mol. The molecule has 0 amide bonds. The summed E-state index contributed by atoms with van der Waals surface area (Å²) in [6.07, 6.45) is 3.04. The molecule has 2 heterocycles. The number of carbonyl (C=O) groups excluding carboxylic acids is 1. The fraction of sp³-hybridized carbons (Fsp3) is 0.0625. The van der Waals surface area contributed by atoms with Gasteiger partial charge in [-0.3, -0.25) is 0 Å². The normalized spacial score (nSPS) is 11.0. The first-order valence-electron chi connectivity index (χ1n) is 6.67. The van der Waals surface area contributed by atoms with Gasteiger partial charge in [0.05, 0.1) is 4.88 Å². The molecule has 0 N–H and O–H groups in total. The van der Waals surface area contributed by atoms with Crippen LogP contribution in [0.3, 0.4) is 0 Å². The Morgan fingerprint density at radius 1 is 1.35 bits per heavy atom. The van der Waals surface area contributed by atoms with Gasteiger partial charge >= 0.3 is 5.97 Å². The predicted molar refractivity (Wildman–Crippen MR) is 90.6 cm³/mol. The zero-order valence-corrected chi connectivity index (χ0v) is 14.2. The third-order valence-electron chi connectivity index (χ3n) is 2.81. The zero-order valence-electron chi connectivity index (χ0n) is 11.8. The van der Waals surface area contributed by atoms with Crippen molar-refractivity contribution in [1.82, 2.24) is 10.1 Å². The van der Waals surface area contributed by atoms with Gasteiger partial charge in [-0.2, -0.15) is 4.98 Å². The summed E-state index contributed by atoms with van der Waals surface area (Å²) in [5, 5.41) is 5.78. The lowest BCUT2D eigenvalue weighted by Crippen LogP contribution is -2.00. The van der Waals surface area contributed by atoms with Gasteiger partial charge in [0.1, 0.15) is 0 Å². The van der Waals surface area contributed by atoms with Gasteiger partial charge in [-0.25, -0.2) is 4.79 Å². The van der Waals surface area contributed by atoms with E-state index in [1.807, 2.05) is 41.8 Å². The molecule has 7 heteroatoms. The van der Waals surface area contributed by atoms with Crippen LogP contribution in [0.1, 0.15) is 11.5 Å². The van der Waals surface area contributed by atoms with Crippen molar-refractivity contribution >= 4 is 39.3 Å². The second-order valence-electron chi connectivity index (χ2n) is 4.49. The van der Waals surface area contributed by atoms with E-state index in [0.29, 0.717) is 5.82 Å². The lowest BCUT2D eigenvalue weighted by Gasteiger charge is -1.97. The quantitative estimate of drug-likeness (QED) is 0.479. The number of esters is 1. The van der Waals surface area contributed by atoms with Crippen molar-refractivity contribution in [3.05, 3.63) is 63.8 Å². The van der Waals surface area contributed by atoms with Gasteiger partial charge < -0.3 is 9.26 Å². The van der Waals surface area contributed by atoms with Crippen LogP contribution in [0.4, 0.5) is 0 Å². The Morgan fingerprint density at radius 2 is 2.26 bits per heavy atom. The molecule has 0 saturated heterocycles. The van der Waals surface area contributed by atoms with Crippen LogP contribution in [0.5, 0.6) is 0 Å². The van der Waals surface area contributed by atoms with Crippen molar-refractivity contribution in [2.45, 2.75) is 6.61 Å². The van der Waals surface area contributed by atoms with E-state index in [0.717, 1.165) is 14.9 Å². The molecular weight excluding hydrogens is 380 g/mol. The molecule has 0 bridgehead atoms. The van der Waals surface area contributed by atoms with Crippen LogP contribution in [0, 0.1) is 0 Å². The second kappa shape index (κ2) is 7.34. The minimum atomic E-state index is -0.471. The van der Waals surface area contributed by atoms with Crippen LogP contribution < -0.4 is 0 Å². The average Bonchev–Trinajstić information content (AvgIpc) is 3.22. The van der Waals surface area contributed by atoms with E-state index < -0.39 is 5.97 Å². The summed E-state index contributed by atoms with van der Waals surface area (Å²) < 4.78 is 11.1. The van der Waals surface area contributed by atoms with Crippen LogP contribution in [0.25, 0.3) is 16.8 Å². The fourth-order valence-corrected chi connectivity index (χ4v) is 2.84. The van der Waals surface area contributed by atoms with E-state index in [4.69, 9.17) is 9.26 Å². The maximum absolute atomic E-state index is 11.7. The molecule has 3 aromatic rings. The van der Waals surface area contributed by atoms with E-state index in [1.165, 1.54) is 17.4 Å². The molecule has 3 rings (SSSR count). The Balaban J connectivity index is 1.55. The molecule has 1 aromatic carbocycles. The standard InChI is InChI=1S/C16H11BrN2O3S/c17-12-4-1-3-11(9-12)6-7-15(20)21-10-14-18-16(19-22-14)13-5-2-8-23-13/h1-9H,10H2/b7-6+. The number of carbonyl (C=O) groups is 1. The highest BCUT2D eigenvalue weighted by Crippen LogP contribution is 2.21. The molecule has 116 valence electrons. The molecular formula is C16H11BrN2O3S. The number of hydrogen-bond donors (Lipinski definition) is 0. The number of benzene rings is 1. The third-order valence-corrected chi connectivity index (χ3v) is 4.17. The largest absolute Gasteiger partial charge is 0.452 e. The maximum Gasteiger partial charge on any atom is 0.331 e. The van der Waals surface area contributed by atoms with E-state index in [9.17, 15) is 4.79 Å². The van der Waals surface area contributed by atoms with Crippen LogP contribution in [0.15, 0.2) is 56.9 Å². The van der Waals surface area contributed by atoms with Gasteiger partial charge in [-0.1, -0.05) is 39.3 Å². The topological polar surface area (TPSA) is 65.2 Å². The smallest absolute Gasteiger partial charge is 0.331 e. The van der Waals surface area contributed by atoms with Crippen molar-refractivity contribution in [2.24, 2.45) is 0 Å². The van der Waals surface area contributed by atoms with Gasteiger partial charge in [-0.05, 0) is 35.2 Å². The molecule has 0 fully saturated rings. The zero-order chi connectivity index (χ0) is 16.1. The number of halogens is 1. The molecule has 0 radical (unpaired) electrons. The van der Waals surface area contributed by atoms with Crippen molar-refractivity contribution < 1.29 is 14.1 Å². The van der Waals surface area contributed by atoms with Gasteiger partial charge in [0.25, 0.3) is 5.89 Å². The Kier molecular flexibility index (Phi) is 4.99.